The summed E-state index contributed by atoms with van der Waals surface area (Å²) >= 11 is 0. The van der Waals surface area contributed by atoms with Crippen molar-refractivity contribution in [2.45, 2.75) is 43.5 Å². The van der Waals surface area contributed by atoms with Gasteiger partial charge in [-0.2, -0.15) is 4.31 Å². The number of rotatable bonds is 6. The molecule has 1 aromatic rings. The van der Waals surface area contributed by atoms with Crippen molar-refractivity contribution in [3.05, 3.63) is 29.8 Å². The van der Waals surface area contributed by atoms with E-state index in [1.165, 1.54) is 0 Å². The van der Waals surface area contributed by atoms with E-state index in [4.69, 9.17) is 0 Å². The van der Waals surface area contributed by atoms with Crippen molar-refractivity contribution in [2.24, 2.45) is 5.41 Å². The molecular formula is C17H26N2O3S. The number of hydrogen-bond donors (Lipinski definition) is 2. The molecule has 6 heteroatoms. The molecule has 0 radical (unpaired) electrons. The molecule has 5 nitrogen and oxygen atoms in total. The van der Waals surface area contributed by atoms with Crippen LogP contribution in [0.5, 0.6) is 0 Å². The quantitative estimate of drug-likeness (QED) is 0.825. The van der Waals surface area contributed by atoms with Crippen LogP contribution in [0.1, 0.15) is 31.2 Å². The van der Waals surface area contributed by atoms with Gasteiger partial charge in [-0.05, 0) is 57.8 Å². The number of aliphatic hydroxyl groups excluding tert-OH is 1. The molecule has 23 heavy (non-hydrogen) atoms. The Kier molecular flexibility index (Phi) is 4.78. The first-order chi connectivity index (χ1) is 11.0. The number of sulfonamides is 1. The van der Waals surface area contributed by atoms with E-state index in [0.29, 0.717) is 11.4 Å². The normalized spacial score (nSPS) is 21.5. The minimum Gasteiger partial charge on any atom is -0.396 e. The summed E-state index contributed by atoms with van der Waals surface area (Å²) in [5.41, 5.74) is 0.828. The number of aliphatic hydroxyl groups is 1. The van der Waals surface area contributed by atoms with Crippen molar-refractivity contribution in [2.75, 3.05) is 26.2 Å². The molecule has 1 saturated carbocycles. The van der Waals surface area contributed by atoms with E-state index >= 15 is 0 Å². The molecule has 2 aliphatic rings. The number of nitrogens with zero attached hydrogens (tertiary/aromatic N) is 1. The minimum absolute atomic E-state index is 0.0200. The summed E-state index contributed by atoms with van der Waals surface area (Å²) < 4.78 is 28.0. The highest BCUT2D eigenvalue weighted by Crippen LogP contribution is 2.47. The summed E-state index contributed by atoms with van der Waals surface area (Å²) in [5, 5.41) is 12.9. The third-order valence-corrected chi connectivity index (χ3v) is 7.04. The van der Waals surface area contributed by atoms with Crippen LogP contribution in [-0.2, 0) is 10.0 Å². The largest absolute Gasteiger partial charge is 0.396 e. The van der Waals surface area contributed by atoms with Gasteiger partial charge in [-0.1, -0.05) is 17.7 Å². The van der Waals surface area contributed by atoms with E-state index < -0.39 is 10.0 Å². The highest BCUT2D eigenvalue weighted by Gasteiger charge is 2.47. The molecule has 0 unspecified atom stereocenters. The van der Waals surface area contributed by atoms with Crippen LogP contribution in [0.15, 0.2) is 29.2 Å². The van der Waals surface area contributed by atoms with Gasteiger partial charge < -0.3 is 10.4 Å². The first-order valence-electron chi connectivity index (χ1n) is 8.37. The van der Waals surface area contributed by atoms with Crippen LogP contribution in [-0.4, -0.2) is 50.1 Å². The zero-order chi connectivity index (χ0) is 16.5. The lowest BCUT2D eigenvalue weighted by Gasteiger charge is -2.35. The molecule has 128 valence electrons. The number of piperidine rings is 1. The Morgan fingerprint density at radius 3 is 2.35 bits per heavy atom. The second kappa shape index (κ2) is 6.51. The topological polar surface area (TPSA) is 69.6 Å². The van der Waals surface area contributed by atoms with Crippen molar-refractivity contribution in [3.8, 4) is 0 Å². The second-order valence-electron chi connectivity index (χ2n) is 7.00. The average Bonchev–Trinajstić information content (AvgIpc) is 3.34. The van der Waals surface area contributed by atoms with E-state index in [2.05, 4.69) is 5.32 Å². The summed E-state index contributed by atoms with van der Waals surface area (Å²) in [4.78, 5) is 0.357. The van der Waals surface area contributed by atoms with Crippen LogP contribution < -0.4 is 5.32 Å². The van der Waals surface area contributed by atoms with Gasteiger partial charge in [0.1, 0.15) is 0 Å². The maximum Gasteiger partial charge on any atom is 0.243 e. The monoisotopic (exact) mass is 338 g/mol. The molecule has 1 aromatic carbocycles. The minimum atomic E-state index is -3.53. The van der Waals surface area contributed by atoms with Gasteiger partial charge in [0.05, 0.1) is 4.90 Å². The molecule has 2 fully saturated rings. The molecule has 0 bridgehead atoms. The average molecular weight is 338 g/mol. The van der Waals surface area contributed by atoms with Crippen molar-refractivity contribution < 1.29 is 13.5 Å². The number of nitrogens with one attached hydrogen (secondary N) is 1. The molecule has 1 heterocycles. The summed E-state index contributed by atoms with van der Waals surface area (Å²) in [5.74, 6) is 0. The fraction of sp³-hybridized carbons (Fsp3) is 0.647. The van der Waals surface area contributed by atoms with Gasteiger partial charge in [0.15, 0.2) is 0 Å². The first kappa shape index (κ1) is 16.9. The van der Waals surface area contributed by atoms with Gasteiger partial charge in [0, 0.05) is 24.6 Å². The Bertz CT molecular complexity index is 632. The SMILES string of the molecule is Cc1ccc(S(=O)(=O)N(CC2(CO)CC2)C2CCNCC2)cc1. The molecule has 3 rings (SSSR count). The Balaban J connectivity index is 1.90. The molecule has 0 aromatic heterocycles. The zero-order valence-corrected chi connectivity index (χ0v) is 14.5. The fourth-order valence-corrected chi connectivity index (χ4v) is 5.02. The van der Waals surface area contributed by atoms with E-state index in [1.807, 2.05) is 19.1 Å². The molecule has 1 aliphatic carbocycles. The van der Waals surface area contributed by atoms with Gasteiger partial charge in [-0.15, -0.1) is 0 Å². The predicted molar refractivity (Wildman–Crippen MR) is 89.7 cm³/mol. The van der Waals surface area contributed by atoms with Crippen LogP contribution in [0.4, 0.5) is 0 Å². The van der Waals surface area contributed by atoms with Crippen molar-refractivity contribution in [3.63, 3.8) is 0 Å². The van der Waals surface area contributed by atoms with Gasteiger partial charge in [-0.25, -0.2) is 8.42 Å². The van der Waals surface area contributed by atoms with Gasteiger partial charge >= 0.3 is 0 Å². The first-order valence-corrected chi connectivity index (χ1v) is 9.81. The summed E-state index contributed by atoms with van der Waals surface area (Å²) in [7, 11) is -3.53. The van der Waals surface area contributed by atoms with Crippen molar-refractivity contribution >= 4 is 10.0 Å². The summed E-state index contributed by atoms with van der Waals surface area (Å²) in [6.45, 7) is 4.14. The summed E-state index contributed by atoms with van der Waals surface area (Å²) in [6.07, 6.45) is 3.47. The number of benzene rings is 1. The van der Waals surface area contributed by atoms with Crippen LogP contribution in [0.3, 0.4) is 0 Å². The Morgan fingerprint density at radius 1 is 1.22 bits per heavy atom. The Hall–Kier alpha value is -0.950. The fourth-order valence-electron chi connectivity index (χ4n) is 3.22. The maximum absolute atomic E-state index is 13.2. The van der Waals surface area contributed by atoms with Crippen molar-refractivity contribution in [1.82, 2.24) is 9.62 Å². The highest BCUT2D eigenvalue weighted by atomic mass is 32.2. The number of aryl methyl sites for hydroxylation is 1. The predicted octanol–water partition coefficient (Wildman–Crippen LogP) is 1.51. The Labute approximate surface area is 138 Å². The van der Waals surface area contributed by atoms with Crippen LogP contribution in [0.25, 0.3) is 0 Å². The molecule has 0 amide bonds. The molecule has 2 N–H and O–H groups in total. The van der Waals surface area contributed by atoms with Gasteiger partial charge in [0.2, 0.25) is 10.0 Å². The van der Waals surface area contributed by atoms with Gasteiger partial charge in [-0.3, -0.25) is 0 Å². The molecular weight excluding hydrogens is 312 g/mol. The molecule has 0 spiro atoms. The standard InChI is InChI=1S/C17H26N2O3S/c1-14-2-4-16(5-3-14)23(21,22)19(12-17(13-20)8-9-17)15-6-10-18-11-7-15/h2-5,15,18,20H,6-13H2,1H3. The van der Waals surface area contributed by atoms with Crippen LogP contribution >= 0.6 is 0 Å². The van der Waals surface area contributed by atoms with E-state index in [0.717, 1.165) is 44.3 Å². The van der Waals surface area contributed by atoms with E-state index in [9.17, 15) is 13.5 Å². The van der Waals surface area contributed by atoms with Crippen LogP contribution in [0.2, 0.25) is 0 Å². The second-order valence-corrected chi connectivity index (χ2v) is 8.89. The third kappa shape index (κ3) is 3.60. The maximum atomic E-state index is 13.2. The summed E-state index contributed by atoms with van der Waals surface area (Å²) in [6, 6.07) is 7.08. The van der Waals surface area contributed by atoms with E-state index in [1.54, 1.807) is 16.4 Å². The molecule has 1 aliphatic heterocycles. The lowest BCUT2D eigenvalue weighted by Crippen LogP contribution is -2.48. The smallest absolute Gasteiger partial charge is 0.243 e. The lowest BCUT2D eigenvalue weighted by atomic mass is 10.0. The van der Waals surface area contributed by atoms with Crippen molar-refractivity contribution in [1.29, 1.82) is 0 Å². The highest BCUT2D eigenvalue weighted by molar-refractivity contribution is 7.89. The zero-order valence-electron chi connectivity index (χ0n) is 13.7. The van der Waals surface area contributed by atoms with Crippen LogP contribution in [0, 0.1) is 12.3 Å². The number of hydrogen-bond acceptors (Lipinski definition) is 4. The Morgan fingerprint density at radius 2 is 1.83 bits per heavy atom. The van der Waals surface area contributed by atoms with E-state index in [-0.39, 0.29) is 18.1 Å². The molecule has 1 saturated heterocycles. The third-order valence-electron chi connectivity index (χ3n) is 5.13. The molecule has 0 atom stereocenters. The van der Waals surface area contributed by atoms with Gasteiger partial charge in [0.25, 0.3) is 0 Å². The lowest BCUT2D eigenvalue weighted by molar-refractivity contribution is 0.159.